The number of hydrogen-bond donors (Lipinski definition) is 2. The summed E-state index contributed by atoms with van der Waals surface area (Å²) in [5.41, 5.74) is -0.721. The van der Waals surface area contributed by atoms with Crippen LogP contribution in [-0.2, 0) is 9.59 Å². The molecule has 0 aromatic carbocycles. The molecule has 2 heterocycles. The van der Waals surface area contributed by atoms with Gasteiger partial charge in [-0.15, -0.1) is 11.8 Å². The minimum atomic E-state index is -0.774. The SMILES string of the molecule is CCC1(C(=O)O)CCN(C(=O)C2CSCN2)C1. The number of carbonyl (C=O) groups excluding carboxylic acids is 1. The molecule has 2 aliphatic rings. The van der Waals surface area contributed by atoms with Gasteiger partial charge in [0.05, 0.1) is 11.5 Å². The van der Waals surface area contributed by atoms with Gasteiger partial charge in [-0.25, -0.2) is 0 Å². The molecule has 6 heteroatoms. The van der Waals surface area contributed by atoms with E-state index in [2.05, 4.69) is 5.32 Å². The van der Waals surface area contributed by atoms with Crippen LogP contribution in [0.2, 0.25) is 0 Å². The molecule has 2 aliphatic heterocycles. The van der Waals surface area contributed by atoms with Gasteiger partial charge < -0.3 is 10.0 Å². The first kappa shape index (κ1) is 12.7. The first-order valence-corrected chi connectivity index (χ1v) is 7.08. The van der Waals surface area contributed by atoms with Crippen LogP contribution in [-0.4, -0.2) is 52.6 Å². The highest BCUT2D eigenvalue weighted by Crippen LogP contribution is 2.34. The van der Waals surface area contributed by atoms with Crippen LogP contribution in [0.25, 0.3) is 0 Å². The number of thioether (sulfide) groups is 1. The standard InChI is InChI=1S/C11H18N2O3S/c1-2-11(10(15)16)3-4-13(6-11)9(14)8-5-17-7-12-8/h8,12H,2-7H2,1H3,(H,15,16). The quantitative estimate of drug-likeness (QED) is 0.765. The van der Waals surface area contributed by atoms with Gasteiger partial charge in [-0.2, -0.15) is 0 Å². The number of aliphatic carboxylic acids is 1. The molecule has 0 bridgehead atoms. The Labute approximate surface area is 105 Å². The van der Waals surface area contributed by atoms with Crippen molar-refractivity contribution < 1.29 is 14.7 Å². The second-order valence-electron chi connectivity index (χ2n) is 4.72. The maximum absolute atomic E-state index is 12.1. The number of rotatable bonds is 3. The molecule has 2 N–H and O–H groups in total. The summed E-state index contributed by atoms with van der Waals surface area (Å²) in [6.45, 7) is 2.81. The lowest BCUT2D eigenvalue weighted by Crippen LogP contribution is -2.45. The fourth-order valence-electron chi connectivity index (χ4n) is 2.45. The molecule has 2 saturated heterocycles. The maximum Gasteiger partial charge on any atom is 0.311 e. The van der Waals surface area contributed by atoms with Crippen molar-refractivity contribution in [3.63, 3.8) is 0 Å². The van der Waals surface area contributed by atoms with E-state index >= 15 is 0 Å². The zero-order valence-electron chi connectivity index (χ0n) is 9.94. The Morgan fingerprint density at radius 2 is 2.35 bits per heavy atom. The number of nitrogens with zero attached hydrogens (tertiary/aromatic N) is 1. The molecule has 0 aromatic heterocycles. The summed E-state index contributed by atoms with van der Waals surface area (Å²) < 4.78 is 0. The Balaban J connectivity index is 2.01. The van der Waals surface area contributed by atoms with Gasteiger partial charge in [-0.3, -0.25) is 14.9 Å². The van der Waals surface area contributed by atoms with E-state index in [4.69, 9.17) is 0 Å². The first-order chi connectivity index (χ1) is 8.09. The normalized spacial score (nSPS) is 33.0. The number of amides is 1. The lowest BCUT2D eigenvalue weighted by atomic mass is 9.84. The zero-order chi connectivity index (χ0) is 12.5. The van der Waals surface area contributed by atoms with E-state index in [1.807, 2.05) is 6.92 Å². The van der Waals surface area contributed by atoms with E-state index in [1.54, 1.807) is 16.7 Å². The fourth-order valence-corrected chi connectivity index (χ4v) is 3.38. The second kappa shape index (κ2) is 4.86. The molecule has 0 radical (unpaired) electrons. The van der Waals surface area contributed by atoms with Crippen LogP contribution in [0.1, 0.15) is 19.8 Å². The third-order valence-corrected chi connectivity index (χ3v) is 4.75. The Morgan fingerprint density at radius 3 is 2.82 bits per heavy atom. The van der Waals surface area contributed by atoms with Crippen molar-refractivity contribution in [1.82, 2.24) is 10.2 Å². The van der Waals surface area contributed by atoms with Gasteiger partial charge in [0.2, 0.25) is 5.91 Å². The average molecular weight is 258 g/mol. The van der Waals surface area contributed by atoms with Crippen LogP contribution in [0, 0.1) is 5.41 Å². The molecule has 96 valence electrons. The fraction of sp³-hybridized carbons (Fsp3) is 0.818. The first-order valence-electron chi connectivity index (χ1n) is 5.92. The Morgan fingerprint density at radius 1 is 1.59 bits per heavy atom. The van der Waals surface area contributed by atoms with Crippen LogP contribution in [0.15, 0.2) is 0 Å². The summed E-state index contributed by atoms with van der Waals surface area (Å²) in [7, 11) is 0. The summed E-state index contributed by atoms with van der Waals surface area (Å²) >= 11 is 1.71. The van der Waals surface area contributed by atoms with Crippen LogP contribution in [0.5, 0.6) is 0 Å². The molecule has 1 amide bonds. The van der Waals surface area contributed by atoms with Gasteiger partial charge in [0, 0.05) is 24.7 Å². The molecule has 0 aliphatic carbocycles. The number of carboxylic acid groups (broad SMARTS) is 1. The van der Waals surface area contributed by atoms with Gasteiger partial charge in [0.1, 0.15) is 0 Å². The summed E-state index contributed by atoms with van der Waals surface area (Å²) in [5, 5.41) is 12.4. The monoisotopic (exact) mass is 258 g/mol. The van der Waals surface area contributed by atoms with Crippen LogP contribution in [0.3, 0.4) is 0 Å². The maximum atomic E-state index is 12.1. The third kappa shape index (κ3) is 2.28. The van der Waals surface area contributed by atoms with Crippen LogP contribution in [0.4, 0.5) is 0 Å². The number of carbonyl (C=O) groups is 2. The van der Waals surface area contributed by atoms with Crippen molar-refractivity contribution in [2.75, 3.05) is 24.7 Å². The highest BCUT2D eigenvalue weighted by Gasteiger charge is 2.45. The van der Waals surface area contributed by atoms with E-state index in [-0.39, 0.29) is 11.9 Å². The van der Waals surface area contributed by atoms with Crippen molar-refractivity contribution in [3.8, 4) is 0 Å². The molecule has 0 saturated carbocycles. The molecular weight excluding hydrogens is 240 g/mol. The highest BCUT2D eigenvalue weighted by atomic mass is 32.2. The zero-order valence-corrected chi connectivity index (χ0v) is 10.8. The number of carboxylic acids is 1. The van der Waals surface area contributed by atoms with Crippen molar-refractivity contribution >= 4 is 23.6 Å². The summed E-state index contributed by atoms with van der Waals surface area (Å²) in [5.74, 6) is 0.888. The minimum absolute atomic E-state index is 0.0616. The molecule has 5 nitrogen and oxygen atoms in total. The Hall–Kier alpha value is -0.750. The summed E-state index contributed by atoms with van der Waals surface area (Å²) in [6.07, 6.45) is 1.16. The molecule has 2 fully saturated rings. The lowest BCUT2D eigenvalue weighted by molar-refractivity contribution is -0.148. The van der Waals surface area contributed by atoms with Crippen molar-refractivity contribution in [2.45, 2.75) is 25.8 Å². The van der Waals surface area contributed by atoms with Crippen LogP contribution >= 0.6 is 11.8 Å². The summed E-state index contributed by atoms with van der Waals surface area (Å²) in [6, 6.07) is -0.124. The molecule has 2 atom stereocenters. The summed E-state index contributed by atoms with van der Waals surface area (Å²) in [4.78, 5) is 25.1. The molecule has 2 rings (SSSR count). The highest BCUT2D eigenvalue weighted by molar-refractivity contribution is 7.99. The van der Waals surface area contributed by atoms with E-state index in [9.17, 15) is 14.7 Å². The van der Waals surface area contributed by atoms with Gasteiger partial charge in [0.25, 0.3) is 0 Å². The predicted octanol–water partition coefficient (Wildman–Crippen LogP) is 0.362. The number of nitrogens with one attached hydrogen (secondary N) is 1. The van der Waals surface area contributed by atoms with Crippen molar-refractivity contribution in [3.05, 3.63) is 0 Å². The molecule has 17 heavy (non-hydrogen) atoms. The molecule has 0 spiro atoms. The van der Waals surface area contributed by atoms with E-state index in [0.29, 0.717) is 25.9 Å². The van der Waals surface area contributed by atoms with Gasteiger partial charge >= 0.3 is 5.97 Å². The van der Waals surface area contributed by atoms with Crippen molar-refractivity contribution in [2.24, 2.45) is 5.41 Å². The van der Waals surface area contributed by atoms with Crippen LogP contribution < -0.4 is 5.32 Å². The van der Waals surface area contributed by atoms with Crippen molar-refractivity contribution in [1.29, 1.82) is 0 Å². The Kier molecular flexibility index (Phi) is 3.63. The van der Waals surface area contributed by atoms with E-state index < -0.39 is 11.4 Å². The number of hydrogen-bond acceptors (Lipinski definition) is 4. The average Bonchev–Trinajstić information content (AvgIpc) is 2.98. The second-order valence-corrected chi connectivity index (χ2v) is 5.75. The van der Waals surface area contributed by atoms with E-state index in [1.165, 1.54) is 0 Å². The van der Waals surface area contributed by atoms with E-state index in [0.717, 1.165) is 11.6 Å². The number of likely N-dealkylation sites (tertiary alicyclic amines) is 1. The smallest absolute Gasteiger partial charge is 0.311 e. The van der Waals surface area contributed by atoms with Gasteiger partial charge in [-0.1, -0.05) is 6.92 Å². The molecule has 0 aromatic rings. The molecule has 2 unspecified atom stereocenters. The molecular formula is C11H18N2O3S. The lowest BCUT2D eigenvalue weighted by Gasteiger charge is -2.24. The Bertz CT molecular complexity index is 331. The minimum Gasteiger partial charge on any atom is -0.481 e. The topological polar surface area (TPSA) is 69.6 Å². The predicted molar refractivity (Wildman–Crippen MR) is 65.8 cm³/mol. The van der Waals surface area contributed by atoms with Gasteiger partial charge in [0.15, 0.2) is 0 Å². The largest absolute Gasteiger partial charge is 0.481 e. The third-order valence-electron chi connectivity index (χ3n) is 3.81. The van der Waals surface area contributed by atoms with Gasteiger partial charge in [-0.05, 0) is 12.8 Å².